The molecule has 64 valence electrons. The fraction of sp³-hybridized carbons (Fsp3) is 0.400. The van der Waals surface area contributed by atoms with Crippen molar-refractivity contribution in [2.75, 3.05) is 0 Å². The van der Waals surface area contributed by atoms with Crippen LogP contribution in [-0.2, 0) is 18.2 Å². The zero-order valence-electron chi connectivity index (χ0n) is 7.31. The first kappa shape index (κ1) is 9.59. The van der Waals surface area contributed by atoms with Crippen LogP contribution in [0.1, 0.15) is 23.6 Å². The van der Waals surface area contributed by atoms with E-state index in [1.165, 1.54) is 16.7 Å². The van der Waals surface area contributed by atoms with Gasteiger partial charge in [-0.05, 0) is 17.5 Å². The van der Waals surface area contributed by atoms with Gasteiger partial charge in [-0.1, -0.05) is 22.9 Å². The normalized spacial score (nSPS) is 10.2. The van der Waals surface area contributed by atoms with Gasteiger partial charge in [0.25, 0.3) is 0 Å². The van der Waals surface area contributed by atoms with Gasteiger partial charge < -0.3 is 0 Å². The molecule has 0 aliphatic heterocycles. The van der Waals surface area contributed by atoms with Gasteiger partial charge in [-0.2, -0.15) is 0 Å². The van der Waals surface area contributed by atoms with Crippen LogP contribution >= 0.6 is 15.9 Å². The second-order valence-corrected chi connectivity index (χ2v) is 3.23. The molecule has 0 spiro atoms. The van der Waals surface area contributed by atoms with Gasteiger partial charge in [-0.15, -0.1) is 0 Å². The molecule has 0 saturated carbocycles. The first-order chi connectivity index (χ1) is 5.83. The second kappa shape index (κ2) is 4.51. The Kier molecular flexibility index (Phi) is 3.60. The number of pyridine rings is 1. The first-order valence-corrected chi connectivity index (χ1v) is 5.25. The summed E-state index contributed by atoms with van der Waals surface area (Å²) in [5, 5.41) is 0.906. The Labute approximate surface area is 82.3 Å². The SMILES string of the molecule is [CH2+]Cc1cncc(CC)c1CBr. The smallest absolute Gasteiger partial charge is 0.112 e. The summed E-state index contributed by atoms with van der Waals surface area (Å²) < 4.78 is 0. The van der Waals surface area contributed by atoms with Crippen LogP contribution in [0.2, 0.25) is 0 Å². The van der Waals surface area contributed by atoms with Crippen molar-refractivity contribution >= 4 is 15.9 Å². The standard InChI is InChI=1S/C10H13BrN/c1-3-8-6-12-7-9(4-2)10(8)5-11/h6-7H,1,3-5H2,2H3/q+1. The van der Waals surface area contributed by atoms with Crippen molar-refractivity contribution in [1.82, 2.24) is 4.98 Å². The summed E-state index contributed by atoms with van der Waals surface area (Å²) in [6.07, 6.45) is 5.71. The van der Waals surface area contributed by atoms with Crippen molar-refractivity contribution in [2.45, 2.75) is 25.1 Å². The second-order valence-electron chi connectivity index (χ2n) is 2.67. The lowest BCUT2D eigenvalue weighted by molar-refractivity contribution is 1.03. The summed E-state index contributed by atoms with van der Waals surface area (Å²) in [4.78, 5) is 4.17. The summed E-state index contributed by atoms with van der Waals surface area (Å²) in [5.74, 6) is 0. The average Bonchev–Trinajstić information content (AvgIpc) is 2.16. The number of alkyl halides is 1. The quantitative estimate of drug-likeness (QED) is 0.571. The maximum absolute atomic E-state index is 4.17. The van der Waals surface area contributed by atoms with Gasteiger partial charge in [0.2, 0.25) is 0 Å². The average molecular weight is 227 g/mol. The van der Waals surface area contributed by atoms with E-state index in [1.54, 1.807) is 0 Å². The monoisotopic (exact) mass is 226 g/mol. The zero-order valence-corrected chi connectivity index (χ0v) is 8.89. The highest BCUT2D eigenvalue weighted by Crippen LogP contribution is 2.17. The predicted molar refractivity (Wildman–Crippen MR) is 55.3 cm³/mol. The molecule has 0 bridgehead atoms. The number of rotatable bonds is 3. The maximum atomic E-state index is 4.17. The Balaban J connectivity index is 3.13. The number of nitrogens with zero attached hydrogens (tertiary/aromatic N) is 1. The Bertz CT molecular complexity index is 236. The fourth-order valence-electron chi connectivity index (χ4n) is 1.27. The van der Waals surface area contributed by atoms with Gasteiger partial charge in [-0.25, -0.2) is 0 Å². The number of halogens is 1. The minimum Gasteiger partial charge on any atom is -0.264 e. The van der Waals surface area contributed by atoms with Gasteiger partial charge in [0, 0.05) is 23.3 Å². The highest BCUT2D eigenvalue weighted by atomic mass is 79.9. The molecule has 0 saturated heterocycles. The molecule has 2 heteroatoms. The Hall–Kier alpha value is -0.500. The molecule has 0 amide bonds. The van der Waals surface area contributed by atoms with Gasteiger partial charge in [0.05, 0.1) is 6.92 Å². The molecule has 12 heavy (non-hydrogen) atoms. The van der Waals surface area contributed by atoms with Crippen LogP contribution in [0.5, 0.6) is 0 Å². The van der Waals surface area contributed by atoms with Crippen molar-refractivity contribution < 1.29 is 0 Å². The lowest BCUT2D eigenvalue weighted by Gasteiger charge is -2.06. The van der Waals surface area contributed by atoms with Crippen molar-refractivity contribution in [1.29, 1.82) is 0 Å². The fourth-order valence-corrected chi connectivity index (χ4v) is 1.99. The van der Waals surface area contributed by atoms with Crippen LogP contribution in [0, 0.1) is 6.92 Å². The third-order valence-electron chi connectivity index (χ3n) is 2.02. The molecule has 0 N–H and O–H groups in total. The molecule has 0 radical (unpaired) electrons. The molecule has 1 heterocycles. The molecule has 1 nitrogen and oxygen atoms in total. The molecule has 0 fully saturated rings. The summed E-state index contributed by atoms with van der Waals surface area (Å²) in [6, 6.07) is 0. The lowest BCUT2D eigenvalue weighted by Crippen LogP contribution is -1.97. The minimum atomic E-state index is 0.821. The molecule has 1 rings (SSSR count). The van der Waals surface area contributed by atoms with Crippen molar-refractivity contribution in [2.24, 2.45) is 0 Å². The largest absolute Gasteiger partial charge is 0.264 e. The van der Waals surface area contributed by atoms with E-state index >= 15 is 0 Å². The van der Waals surface area contributed by atoms with E-state index < -0.39 is 0 Å². The van der Waals surface area contributed by atoms with Crippen LogP contribution in [0.15, 0.2) is 12.4 Å². The van der Waals surface area contributed by atoms with Gasteiger partial charge >= 0.3 is 0 Å². The summed E-state index contributed by atoms with van der Waals surface area (Å²) in [5.41, 5.74) is 3.95. The van der Waals surface area contributed by atoms with Crippen molar-refractivity contribution in [3.63, 3.8) is 0 Å². The molecule has 0 atom stereocenters. The predicted octanol–water partition coefficient (Wildman–Crippen LogP) is 2.92. The van der Waals surface area contributed by atoms with Gasteiger partial charge in [0.15, 0.2) is 0 Å². The van der Waals surface area contributed by atoms with Crippen molar-refractivity contribution in [3.05, 3.63) is 36.0 Å². The molecular weight excluding hydrogens is 214 g/mol. The van der Waals surface area contributed by atoms with E-state index in [1.807, 2.05) is 12.4 Å². The van der Waals surface area contributed by atoms with Gasteiger partial charge in [-0.3, -0.25) is 4.98 Å². The van der Waals surface area contributed by atoms with E-state index in [4.69, 9.17) is 0 Å². The number of aryl methyl sites for hydroxylation is 1. The number of hydrogen-bond acceptors (Lipinski definition) is 1. The summed E-state index contributed by atoms with van der Waals surface area (Å²) >= 11 is 3.49. The highest BCUT2D eigenvalue weighted by Gasteiger charge is 2.06. The highest BCUT2D eigenvalue weighted by molar-refractivity contribution is 9.08. The molecular formula is C10H13BrN+. The van der Waals surface area contributed by atoms with Crippen LogP contribution in [0.4, 0.5) is 0 Å². The summed E-state index contributed by atoms with van der Waals surface area (Å²) in [6.45, 7) is 6.03. The first-order valence-electron chi connectivity index (χ1n) is 4.13. The molecule has 0 aliphatic rings. The number of aromatic nitrogens is 1. The van der Waals surface area contributed by atoms with Crippen LogP contribution < -0.4 is 0 Å². The Morgan fingerprint density at radius 3 is 2.58 bits per heavy atom. The zero-order chi connectivity index (χ0) is 8.97. The van der Waals surface area contributed by atoms with Crippen LogP contribution in [0.3, 0.4) is 0 Å². The third kappa shape index (κ3) is 1.81. The van der Waals surface area contributed by atoms with Crippen molar-refractivity contribution in [3.8, 4) is 0 Å². The maximum Gasteiger partial charge on any atom is 0.112 e. The molecule has 0 unspecified atom stereocenters. The number of hydrogen-bond donors (Lipinski definition) is 0. The third-order valence-corrected chi connectivity index (χ3v) is 2.58. The van der Waals surface area contributed by atoms with E-state index in [2.05, 4.69) is 34.8 Å². The molecule has 1 aromatic rings. The van der Waals surface area contributed by atoms with Crippen LogP contribution in [0.25, 0.3) is 0 Å². The van der Waals surface area contributed by atoms with E-state index in [-0.39, 0.29) is 0 Å². The Morgan fingerprint density at radius 2 is 2.08 bits per heavy atom. The molecule has 0 aliphatic carbocycles. The van der Waals surface area contributed by atoms with E-state index in [9.17, 15) is 0 Å². The molecule has 0 aromatic carbocycles. The Morgan fingerprint density at radius 1 is 1.42 bits per heavy atom. The van der Waals surface area contributed by atoms with Crippen LogP contribution in [-0.4, -0.2) is 4.98 Å². The summed E-state index contributed by atoms with van der Waals surface area (Å²) in [7, 11) is 0. The van der Waals surface area contributed by atoms with E-state index in [0.717, 1.165) is 18.2 Å². The van der Waals surface area contributed by atoms with E-state index in [0.29, 0.717) is 0 Å². The van der Waals surface area contributed by atoms with Gasteiger partial charge in [0.1, 0.15) is 6.42 Å². The minimum absolute atomic E-state index is 0.821. The topological polar surface area (TPSA) is 12.9 Å². The lowest BCUT2D eigenvalue weighted by atomic mass is 10.0. The molecule has 1 aromatic heterocycles.